The molecule has 1 aliphatic heterocycles. The number of hydrogen-bond acceptors (Lipinski definition) is 3. The first-order valence-corrected chi connectivity index (χ1v) is 9.85. The third-order valence-electron chi connectivity index (χ3n) is 4.83. The molecule has 1 heterocycles. The minimum atomic E-state index is -2.99. The molecule has 1 aliphatic carbocycles. The molecule has 2 rings (SSSR count). The normalized spacial score (nSPS) is 26.1. The Labute approximate surface area is 122 Å². The molecular weight excluding hydrogens is 274 g/mol. The Morgan fingerprint density at radius 1 is 1.25 bits per heavy atom. The van der Waals surface area contributed by atoms with E-state index in [-0.39, 0.29) is 17.1 Å². The van der Waals surface area contributed by atoms with Crippen LogP contribution < -0.4 is 0 Å². The van der Waals surface area contributed by atoms with Gasteiger partial charge in [0.25, 0.3) is 0 Å². The Morgan fingerprint density at radius 3 is 2.50 bits per heavy atom. The first-order valence-electron chi connectivity index (χ1n) is 7.79. The van der Waals surface area contributed by atoms with Gasteiger partial charge in [0, 0.05) is 25.8 Å². The first kappa shape index (κ1) is 15.8. The molecule has 20 heavy (non-hydrogen) atoms. The molecule has 4 nitrogen and oxygen atoms in total. The van der Waals surface area contributed by atoms with E-state index in [4.69, 9.17) is 0 Å². The lowest BCUT2D eigenvalue weighted by atomic mass is 9.98. The van der Waals surface area contributed by atoms with Gasteiger partial charge in [0.05, 0.1) is 5.75 Å². The molecule has 0 aromatic carbocycles. The SMILES string of the molecule is CC[C@H]1CCCN(C(=O)CC2(CS(C)(=O)=O)CC2)CC1. The molecule has 2 aliphatic rings. The highest BCUT2D eigenvalue weighted by molar-refractivity contribution is 7.90. The van der Waals surface area contributed by atoms with Crippen LogP contribution in [0, 0.1) is 11.3 Å². The first-order chi connectivity index (χ1) is 9.34. The highest BCUT2D eigenvalue weighted by atomic mass is 32.2. The number of rotatable bonds is 5. The summed E-state index contributed by atoms with van der Waals surface area (Å²) in [7, 11) is -2.99. The molecule has 0 aromatic heterocycles. The molecule has 1 saturated heterocycles. The standard InChI is InChI=1S/C15H27NO3S/c1-3-13-5-4-9-16(10-6-13)14(17)11-15(7-8-15)12-20(2,18)19/h13H,3-12H2,1-2H3/t13-/m0/s1. The molecule has 0 bridgehead atoms. The fourth-order valence-electron chi connectivity index (χ4n) is 3.36. The van der Waals surface area contributed by atoms with Crippen LogP contribution in [0.15, 0.2) is 0 Å². The maximum atomic E-state index is 12.4. The van der Waals surface area contributed by atoms with Crippen LogP contribution in [0.25, 0.3) is 0 Å². The van der Waals surface area contributed by atoms with Gasteiger partial charge in [0.2, 0.25) is 5.91 Å². The largest absolute Gasteiger partial charge is 0.343 e. The summed E-state index contributed by atoms with van der Waals surface area (Å²) < 4.78 is 22.9. The number of hydrogen-bond donors (Lipinski definition) is 0. The molecule has 0 radical (unpaired) electrons. The van der Waals surface area contributed by atoms with Crippen molar-refractivity contribution in [3.8, 4) is 0 Å². The Balaban J connectivity index is 1.89. The van der Waals surface area contributed by atoms with Crippen molar-refractivity contribution in [3.63, 3.8) is 0 Å². The molecule has 2 fully saturated rings. The van der Waals surface area contributed by atoms with Crippen molar-refractivity contribution < 1.29 is 13.2 Å². The van der Waals surface area contributed by atoms with Gasteiger partial charge in [0.1, 0.15) is 9.84 Å². The van der Waals surface area contributed by atoms with Crippen LogP contribution in [0.4, 0.5) is 0 Å². The summed E-state index contributed by atoms with van der Waals surface area (Å²) in [6, 6.07) is 0. The smallest absolute Gasteiger partial charge is 0.223 e. The van der Waals surface area contributed by atoms with E-state index in [2.05, 4.69) is 6.92 Å². The van der Waals surface area contributed by atoms with Crippen molar-refractivity contribution in [2.24, 2.45) is 11.3 Å². The molecule has 1 amide bonds. The van der Waals surface area contributed by atoms with Gasteiger partial charge >= 0.3 is 0 Å². The summed E-state index contributed by atoms with van der Waals surface area (Å²) in [5, 5.41) is 0. The Kier molecular flexibility index (Phi) is 4.77. The highest BCUT2D eigenvalue weighted by Crippen LogP contribution is 2.50. The number of nitrogens with zero attached hydrogens (tertiary/aromatic N) is 1. The number of carbonyl (C=O) groups excluding carboxylic acids is 1. The predicted octanol–water partition coefficient (Wildman–Crippen LogP) is 2.24. The van der Waals surface area contributed by atoms with Gasteiger partial charge in [0.15, 0.2) is 0 Å². The van der Waals surface area contributed by atoms with Crippen LogP contribution >= 0.6 is 0 Å². The quantitative estimate of drug-likeness (QED) is 0.782. The van der Waals surface area contributed by atoms with Gasteiger partial charge in [-0.1, -0.05) is 13.3 Å². The minimum absolute atomic E-state index is 0.169. The van der Waals surface area contributed by atoms with Gasteiger partial charge in [-0.25, -0.2) is 8.42 Å². The molecule has 0 N–H and O–H groups in total. The number of sulfone groups is 1. The molecule has 0 spiro atoms. The van der Waals surface area contributed by atoms with E-state index < -0.39 is 9.84 Å². The Bertz CT molecular complexity index is 454. The van der Waals surface area contributed by atoms with Crippen LogP contribution in [0.1, 0.15) is 51.9 Å². The Hall–Kier alpha value is -0.580. The van der Waals surface area contributed by atoms with Crippen molar-refractivity contribution in [2.45, 2.75) is 51.9 Å². The summed E-state index contributed by atoms with van der Waals surface area (Å²) in [5.41, 5.74) is -0.235. The lowest BCUT2D eigenvalue weighted by molar-refractivity contribution is -0.132. The summed E-state index contributed by atoms with van der Waals surface area (Å²) in [4.78, 5) is 14.4. The summed E-state index contributed by atoms with van der Waals surface area (Å²) in [6.45, 7) is 3.92. The monoisotopic (exact) mass is 301 g/mol. The molecule has 116 valence electrons. The van der Waals surface area contributed by atoms with Crippen LogP contribution in [-0.4, -0.2) is 44.3 Å². The van der Waals surface area contributed by atoms with E-state index in [1.807, 2.05) is 4.90 Å². The third kappa shape index (κ3) is 4.47. The zero-order valence-electron chi connectivity index (χ0n) is 12.7. The van der Waals surface area contributed by atoms with E-state index in [1.165, 1.54) is 19.1 Å². The predicted molar refractivity (Wildman–Crippen MR) is 80.2 cm³/mol. The second-order valence-electron chi connectivity index (χ2n) is 6.83. The average molecular weight is 301 g/mol. The van der Waals surface area contributed by atoms with E-state index in [0.717, 1.165) is 44.7 Å². The summed E-state index contributed by atoms with van der Waals surface area (Å²) >= 11 is 0. The molecule has 0 aromatic rings. The Morgan fingerprint density at radius 2 is 1.95 bits per heavy atom. The van der Waals surface area contributed by atoms with Crippen LogP contribution in [0.3, 0.4) is 0 Å². The van der Waals surface area contributed by atoms with E-state index >= 15 is 0 Å². The van der Waals surface area contributed by atoms with Crippen molar-refractivity contribution >= 4 is 15.7 Å². The molecule has 5 heteroatoms. The molecular formula is C15H27NO3S. The highest BCUT2D eigenvalue weighted by Gasteiger charge is 2.47. The molecule has 0 unspecified atom stereocenters. The maximum Gasteiger partial charge on any atom is 0.223 e. The van der Waals surface area contributed by atoms with Crippen molar-refractivity contribution in [1.82, 2.24) is 4.90 Å². The topological polar surface area (TPSA) is 54.5 Å². The lowest BCUT2D eigenvalue weighted by Crippen LogP contribution is -2.34. The van der Waals surface area contributed by atoms with E-state index in [0.29, 0.717) is 6.42 Å². The average Bonchev–Trinajstić information content (AvgIpc) is 3.10. The number of amides is 1. The fraction of sp³-hybridized carbons (Fsp3) is 0.933. The maximum absolute atomic E-state index is 12.4. The fourth-order valence-corrected chi connectivity index (χ4v) is 4.86. The summed E-state index contributed by atoms with van der Waals surface area (Å²) in [6.07, 6.45) is 8.07. The zero-order chi connectivity index (χ0) is 14.8. The van der Waals surface area contributed by atoms with Crippen LogP contribution in [0.5, 0.6) is 0 Å². The van der Waals surface area contributed by atoms with Gasteiger partial charge in [-0.15, -0.1) is 0 Å². The lowest BCUT2D eigenvalue weighted by Gasteiger charge is -2.23. The number of likely N-dealkylation sites (tertiary alicyclic amines) is 1. The second kappa shape index (κ2) is 6.04. The third-order valence-corrected chi connectivity index (χ3v) is 5.97. The van der Waals surface area contributed by atoms with Gasteiger partial charge < -0.3 is 4.90 Å². The van der Waals surface area contributed by atoms with Crippen molar-refractivity contribution in [2.75, 3.05) is 25.1 Å². The minimum Gasteiger partial charge on any atom is -0.343 e. The van der Waals surface area contributed by atoms with Crippen LogP contribution in [-0.2, 0) is 14.6 Å². The summed E-state index contributed by atoms with van der Waals surface area (Å²) in [5.74, 6) is 1.10. The number of carbonyl (C=O) groups is 1. The van der Waals surface area contributed by atoms with Gasteiger partial charge in [-0.05, 0) is 43.4 Å². The van der Waals surface area contributed by atoms with E-state index in [1.54, 1.807) is 0 Å². The second-order valence-corrected chi connectivity index (χ2v) is 8.97. The van der Waals surface area contributed by atoms with Crippen LogP contribution in [0.2, 0.25) is 0 Å². The van der Waals surface area contributed by atoms with Gasteiger partial charge in [-0.2, -0.15) is 0 Å². The van der Waals surface area contributed by atoms with Crippen molar-refractivity contribution in [1.29, 1.82) is 0 Å². The van der Waals surface area contributed by atoms with Gasteiger partial charge in [-0.3, -0.25) is 4.79 Å². The molecule has 1 atom stereocenters. The zero-order valence-corrected chi connectivity index (χ0v) is 13.5. The molecule has 1 saturated carbocycles. The van der Waals surface area contributed by atoms with E-state index in [9.17, 15) is 13.2 Å². The van der Waals surface area contributed by atoms with Crippen molar-refractivity contribution in [3.05, 3.63) is 0 Å².